The van der Waals surface area contributed by atoms with Crippen LogP contribution in [0.25, 0.3) is 16.6 Å². The minimum absolute atomic E-state index is 0.250. The third kappa shape index (κ3) is 4.76. The normalized spacial score (nSPS) is 20.3. The molecule has 0 amide bonds. The van der Waals surface area contributed by atoms with Crippen molar-refractivity contribution in [2.75, 3.05) is 19.6 Å². The molecule has 188 valence electrons. The number of nitrogens with one attached hydrogen (secondary N) is 3. The first-order valence-corrected chi connectivity index (χ1v) is 12.9. The summed E-state index contributed by atoms with van der Waals surface area (Å²) >= 11 is 0. The van der Waals surface area contributed by atoms with Gasteiger partial charge in [-0.2, -0.15) is 0 Å². The number of fused-ring (bicyclic) bond motifs is 1. The number of pyridine rings is 2. The molecule has 0 radical (unpaired) electrons. The number of H-pyrrole nitrogens is 1. The van der Waals surface area contributed by atoms with Gasteiger partial charge in [0.05, 0.1) is 11.9 Å². The first-order valence-electron chi connectivity index (χ1n) is 12.9. The van der Waals surface area contributed by atoms with Gasteiger partial charge < -0.3 is 15.2 Å². The van der Waals surface area contributed by atoms with E-state index in [0.717, 1.165) is 54.6 Å². The van der Waals surface area contributed by atoms with E-state index in [4.69, 9.17) is 10.4 Å². The van der Waals surface area contributed by atoms with Crippen LogP contribution in [0, 0.1) is 5.41 Å². The van der Waals surface area contributed by atoms with Crippen LogP contribution in [0.4, 0.5) is 10.1 Å². The van der Waals surface area contributed by atoms with E-state index in [9.17, 15) is 4.39 Å². The summed E-state index contributed by atoms with van der Waals surface area (Å²) in [5.41, 5.74) is 5.58. The fraction of sp³-hybridized carbons (Fsp3) is 0.310. The number of amidine groups is 1. The molecule has 1 saturated carbocycles. The highest BCUT2D eigenvalue weighted by Gasteiger charge is 2.31. The highest BCUT2D eigenvalue weighted by molar-refractivity contribution is 6.04. The Morgan fingerprint density at radius 2 is 2.16 bits per heavy atom. The molecule has 1 aliphatic heterocycles. The predicted octanol–water partition coefficient (Wildman–Crippen LogP) is 5.40. The van der Waals surface area contributed by atoms with Crippen LogP contribution in [0.1, 0.15) is 54.5 Å². The van der Waals surface area contributed by atoms with Crippen molar-refractivity contribution in [3.63, 3.8) is 0 Å². The molecule has 1 atom stereocenters. The number of halogens is 1. The van der Waals surface area contributed by atoms with E-state index >= 15 is 0 Å². The van der Waals surface area contributed by atoms with Crippen molar-refractivity contribution in [1.29, 1.82) is 5.41 Å². The Morgan fingerprint density at radius 3 is 3.00 bits per heavy atom. The second kappa shape index (κ2) is 9.86. The summed E-state index contributed by atoms with van der Waals surface area (Å²) in [6.07, 6.45) is 16.9. The maximum Gasteiger partial charge on any atom is 0.138 e. The second-order valence-electron chi connectivity index (χ2n) is 9.97. The van der Waals surface area contributed by atoms with Crippen LogP contribution in [0.15, 0.2) is 65.8 Å². The zero-order valence-electron chi connectivity index (χ0n) is 20.8. The molecular formula is C29H30FN7. The largest absolute Gasteiger partial charge is 0.354 e. The molecule has 8 heteroatoms. The van der Waals surface area contributed by atoms with E-state index in [-0.39, 0.29) is 5.83 Å². The highest BCUT2D eigenvalue weighted by atomic mass is 19.1. The van der Waals surface area contributed by atoms with Crippen molar-refractivity contribution >= 4 is 34.3 Å². The SMILES string of the molecule is CC1CN(C(=N)c2c(N=Cc3ccnc4[nH]c(C5=C(F)C=CC=CC5)cc34)cncc2C2CC2)CCN1. The quantitative estimate of drug-likeness (QED) is 0.326. The molecule has 0 bridgehead atoms. The third-order valence-corrected chi connectivity index (χ3v) is 7.23. The molecule has 1 saturated heterocycles. The van der Waals surface area contributed by atoms with E-state index in [0.29, 0.717) is 46.8 Å². The van der Waals surface area contributed by atoms with Gasteiger partial charge in [0.2, 0.25) is 0 Å². The van der Waals surface area contributed by atoms with Gasteiger partial charge in [0.25, 0.3) is 0 Å². The molecule has 6 rings (SSSR count). The monoisotopic (exact) mass is 495 g/mol. The van der Waals surface area contributed by atoms with Gasteiger partial charge in [0, 0.05) is 72.1 Å². The highest BCUT2D eigenvalue weighted by Crippen LogP contribution is 2.43. The molecule has 0 spiro atoms. The van der Waals surface area contributed by atoms with Crippen LogP contribution in [-0.4, -0.2) is 57.6 Å². The Balaban J connectivity index is 1.37. The minimum atomic E-state index is -0.250. The van der Waals surface area contributed by atoms with Gasteiger partial charge >= 0.3 is 0 Å². The lowest BCUT2D eigenvalue weighted by Gasteiger charge is -2.34. The number of hydrogen-bond donors (Lipinski definition) is 3. The molecular weight excluding hydrogens is 465 g/mol. The first-order chi connectivity index (χ1) is 18.1. The van der Waals surface area contributed by atoms with E-state index < -0.39 is 0 Å². The molecule has 3 N–H and O–H groups in total. The summed E-state index contributed by atoms with van der Waals surface area (Å²) in [5, 5.41) is 13.4. The van der Waals surface area contributed by atoms with Crippen LogP contribution in [-0.2, 0) is 0 Å². The Labute approximate surface area is 215 Å². The van der Waals surface area contributed by atoms with Gasteiger partial charge in [-0.15, -0.1) is 0 Å². The zero-order chi connectivity index (χ0) is 25.4. The predicted molar refractivity (Wildman–Crippen MR) is 146 cm³/mol. The minimum Gasteiger partial charge on any atom is -0.354 e. The van der Waals surface area contributed by atoms with Gasteiger partial charge in [-0.25, -0.2) is 9.37 Å². The second-order valence-corrected chi connectivity index (χ2v) is 9.97. The van der Waals surface area contributed by atoms with Crippen molar-refractivity contribution in [2.24, 2.45) is 4.99 Å². The molecule has 2 aliphatic carbocycles. The smallest absolute Gasteiger partial charge is 0.138 e. The first kappa shape index (κ1) is 23.5. The van der Waals surface area contributed by atoms with E-state index in [1.807, 2.05) is 36.7 Å². The third-order valence-electron chi connectivity index (χ3n) is 7.23. The molecule has 4 heterocycles. The van der Waals surface area contributed by atoms with Crippen LogP contribution in [0.2, 0.25) is 0 Å². The number of aromatic amines is 1. The van der Waals surface area contributed by atoms with E-state index in [1.165, 1.54) is 6.08 Å². The van der Waals surface area contributed by atoms with Crippen molar-refractivity contribution in [1.82, 2.24) is 25.2 Å². The number of aromatic nitrogens is 3. The molecule has 7 nitrogen and oxygen atoms in total. The van der Waals surface area contributed by atoms with Crippen molar-refractivity contribution in [2.45, 2.75) is 38.1 Å². The van der Waals surface area contributed by atoms with Crippen molar-refractivity contribution in [3.8, 4) is 0 Å². The summed E-state index contributed by atoms with van der Waals surface area (Å²) in [6.45, 7) is 4.60. The van der Waals surface area contributed by atoms with Gasteiger partial charge in [0.1, 0.15) is 17.3 Å². The van der Waals surface area contributed by atoms with Gasteiger partial charge in [-0.1, -0.05) is 18.2 Å². The summed E-state index contributed by atoms with van der Waals surface area (Å²) < 4.78 is 14.6. The Bertz CT molecular complexity index is 1470. The van der Waals surface area contributed by atoms with Crippen molar-refractivity contribution < 1.29 is 4.39 Å². The van der Waals surface area contributed by atoms with Crippen LogP contribution in [0.5, 0.6) is 0 Å². The van der Waals surface area contributed by atoms with Crippen LogP contribution in [0.3, 0.4) is 0 Å². The number of hydrogen-bond acceptors (Lipinski definition) is 5. The molecule has 3 aromatic rings. The number of piperazine rings is 1. The van der Waals surface area contributed by atoms with Crippen LogP contribution < -0.4 is 5.32 Å². The Hall–Kier alpha value is -3.91. The lowest BCUT2D eigenvalue weighted by atomic mass is 10.0. The number of allylic oxidation sites excluding steroid dienone is 6. The fourth-order valence-electron chi connectivity index (χ4n) is 5.12. The van der Waals surface area contributed by atoms with E-state index in [1.54, 1.807) is 18.5 Å². The summed E-state index contributed by atoms with van der Waals surface area (Å²) in [7, 11) is 0. The zero-order valence-corrected chi connectivity index (χ0v) is 20.8. The van der Waals surface area contributed by atoms with Gasteiger partial charge in [-0.05, 0) is 55.9 Å². The maximum atomic E-state index is 14.6. The molecule has 1 unspecified atom stereocenters. The standard InChI is InChI=1S/C29H30FN7/c1-18-17-37(12-11-33-18)28(31)27-23(19-7-8-19)15-32-16-26(27)35-14-20-9-10-34-29-22(20)13-25(36-29)21-5-3-2-4-6-24(21)30/h2-4,6,9-10,13-16,18-19,31,33H,5,7-8,11-12,17H2,1H3,(H,34,36). The topological polar surface area (TPSA) is 93.0 Å². The molecule has 37 heavy (non-hydrogen) atoms. The van der Waals surface area contributed by atoms with Gasteiger partial charge in [0.15, 0.2) is 0 Å². The number of rotatable bonds is 5. The average Bonchev–Trinajstić information content (AvgIpc) is 3.70. The fourth-order valence-corrected chi connectivity index (χ4v) is 5.12. The maximum absolute atomic E-state index is 14.6. The number of aliphatic imine (C=N–C) groups is 1. The number of nitrogens with zero attached hydrogens (tertiary/aromatic N) is 4. The summed E-state index contributed by atoms with van der Waals surface area (Å²) in [5.74, 6) is 0.717. The van der Waals surface area contributed by atoms with Crippen LogP contribution >= 0.6 is 0 Å². The van der Waals surface area contributed by atoms with E-state index in [2.05, 4.69) is 32.1 Å². The Kier molecular flexibility index (Phi) is 6.26. The van der Waals surface area contributed by atoms with Gasteiger partial charge in [-0.3, -0.25) is 15.4 Å². The van der Waals surface area contributed by atoms with Crippen molar-refractivity contribution in [3.05, 3.63) is 83.2 Å². The molecule has 0 aromatic carbocycles. The molecule has 3 aromatic heterocycles. The molecule has 3 aliphatic rings. The summed E-state index contributed by atoms with van der Waals surface area (Å²) in [4.78, 5) is 19.2. The average molecular weight is 496 g/mol. The Morgan fingerprint density at radius 1 is 1.27 bits per heavy atom. The lowest BCUT2D eigenvalue weighted by Crippen LogP contribution is -2.51. The molecule has 2 fully saturated rings. The lowest BCUT2D eigenvalue weighted by molar-refractivity contribution is 0.302. The summed E-state index contributed by atoms with van der Waals surface area (Å²) in [6, 6.07) is 4.18.